The Morgan fingerprint density at radius 3 is 2.32 bits per heavy atom. The zero-order valence-electron chi connectivity index (χ0n) is 11.1. The molecule has 5 heteroatoms. The number of benzene rings is 1. The normalized spacial score (nSPS) is 19.6. The van der Waals surface area contributed by atoms with Crippen molar-refractivity contribution in [1.82, 2.24) is 4.90 Å². The average molecular weight is 270 g/mol. The molecule has 1 aliphatic rings. The molecule has 0 amide bonds. The van der Waals surface area contributed by atoms with Crippen molar-refractivity contribution in [2.75, 3.05) is 26.7 Å². The lowest BCUT2D eigenvalue weighted by Crippen LogP contribution is -2.41. The minimum Gasteiger partial charge on any atom is -0.381 e. The number of rotatable bonds is 4. The number of piperidine rings is 1. The van der Waals surface area contributed by atoms with Gasteiger partial charge in [-0.15, -0.1) is 0 Å². The standard InChI is InChI=1S/C14H20F2N2O/c1-19-13-2-4-18(5-3-13)14(9-17)10-6-11(15)8-12(16)7-10/h6-8,13-14H,2-5,9,17H2,1H3. The van der Waals surface area contributed by atoms with Gasteiger partial charge in [0, 0.05) is 38.9 Å². The molecule has 2 N–H and O–H groups in total. The van der Waals surface area contributed by atoms with E-state index in [1.807, 2.05) is 0 Å². The van der Waals surface area contributed by atoms with E-state index in [2.05, 4.69) is 4.90 Å². The molecule has 1 aliphatic heterocycles. The predicted molar refractivity (Wildman–Crippen MR) is 69.8 cm³/mol. The van der Waals surface area contributed by atoms with E-state index >= 15 is 0 Å². The third-order valence-corrected chi connectivity index (χ3v) is 3.74. The average Bonchev–Trinajstić information content (AvgIpc) is 2.39. The number of nitrogens with two attached hydrogens (primary N) is 1. The van der Waals surface area contributed by atoms with E-state index in [0.717, 1.165) is 32.0 Å². The Bertz CT molecular complexity index is 400. The van der Waals surface area contributed by atoms with Crippen LogP contribution >= 0.6 is 0 Å². The fourth-order valence-corrected chi connectivity index (χ4v) is 2.69. The molecular formula is C14H20F2N2O. The van der Waals surface area contributed by atoms with E-state index in [4.69, 9.17) is 10.5 Å². The molecule has 1 heterocycles. The van der Waals surface area contributed by atoms with Gasteiger partial charge in [0.05, 0.1) is 6.10 Å². The van der Waals surface area contributed by atoms with E-state index in [0.29, 0.717) is 12.1 Å². The molecule has 19 heavy (non-hydrogen) atoms. The van der Waals surface area contributed by atoms with Gasteiger partial charge in [-0.2, -0.15) is 0 Å². The second-order valence-electron chi connectivity index (χ2n) is 4.93. The molecule has 0 aliphatic carbocycles. The maximum atomic E-state index is 13.3. The summed E-state index contributed by atoms with van der Waals surface area (Å²) in [5.41, 5.74) is 6.39. The van der Waals surface area contributed by atoms with Gasteiger partial charge in [0.15, 0.2) is 0 Å². The first-order chi connectivity index (χ1) is 9.13. The van der Waals surface area contributed by atoms with Crippen molar-refractivity contribution in [3.05, 3.63) is 35.4 Å². The molecular weight excluding hydrogens is 250 g/mol. The van der Waals surface area contributed by atoms with Gasteiger partial charge < -0.3 is 10.5 Å². The van der Waals surface area contributed by atoms with E-state index in [1.165, 1.54) is 12.1 Å². The van der Waals surface area contributed by atoms with Crippen LogP contribution in [0.5, 0.6) is 0 Å². The lowest BCUT2D eigenvalue weighted by molar-refractivity contribution is 0.0279. The monoisotopic (exact) mass is 270 g/mol. The Balaban J connectivity index is 2.11. The highest BCUT2D eigenvalue weighted by Gasteiger charge is 2.25. The second-order valence-corrected chi connectivity index (χ2v) is 4.93. The highest BCUT2D eigenvalue weighted by molar-refractivity contribution is 5.22. The molecule has 0 bridgehead atoms. The molecule has 1 saturated heterocycles. The number of ether oxygens (including phenoxy) is 1. The number of hydrogen-bond donors (Lipinski definition) is 1. The Labute approximate surface area is 112 Å². The van der Waals surface area contributed by atoms with Crippen molar-refractivity contribution >= 4 is 0 Å². The maximum Gasteiger partial charge on any atom is 0.126 e. The minimum absolute atomic E-state index is 0.136. The third-order valence-electron chi connectivity index (χ3n) is 3.74. The summed E-state index contributed by atoms with van der Waals surface area (Å²) in [5.74, 6) is -1.11. The van der Waals surface area contributed by atoms with Crippen LogP contribution in [0.2, 0.25) is 0 Å². The first-order valence-electron chi connectivity index (χ1n) is 6.57. The molecule has 1 aromatic carbocycles. The zero-order valence-corrected chi connectivity index (χ0v) is 11.1. The summed E-state index contributed by atoms with van der Waals surface area (Å²) < 4.78 is 31.9. The van der Waals surface area contributed by atoms with Crippen molar-refractivity contribution < 1.29 is 13.5 Å². The van der Waals surface area contributed by atoms with E-state index in [9.17, 15) is 8.78 Å². The van der Waals surface area contributed by atoms with Gasteiger partial charge >= 0.3 is 0 Å². The van der Waals surface area contributed by atoms with Crippen LogP contribution < -0.4 is 5.73 Å². The lowest BCUT2D eigenvalue weighted by atomic mass is 10.0. The SMILES string of the molecule is COC1CCN(C(CN)c2cc(F)cc(F)c2)CC1. The molecule has 0 saturated carbocycles. The van der Waals surface area contributed by atoms with Crippen LogP contribution in [0, 0.1) is 11.6 Å². The highest BCUT2D eigenvalue weighted by atomic mass is 19.1. The van der Waals surface area contributed by atoms with Crippen molar-refractivity contribution in [3.63, 3.8) is 0 Å². The first-order valence-corrected chi connectivity index (χ1v) is 6.57. The van der Waals surface area contributed by atoms with Crippen molar-refractivity contribution in [2.24, 2.45) is 5.73 Å². The van der Waals surface area contributed by atoms with Crippen LogP contribution in [0.1, 0.15) is 24.4 Å². The topological polar surface area (TPSA) is 38.5 Å². The predicted octanol–water partition coefficient (Wildman–Crippen LogP) is 2.08. The van der Waals surface area contributed by atoms with Gasteiger partial charge in [0.1, 0.15) is 11.6 Å². The Kier molecular flexibility index (Phi) is 4.85. The Morgan fingerprint density at radius 1 is 1.26 bits per heavy atom. The first kappa shape index (κ1) is 14.4. The van der Waals surface area contributed by atoms with Gasteiger partial charge in [-0.1, -0.05) is 0 Å². The number of likely N-dealkylation sites (tertiary alicyclic amines) is 1. The Hall–Kier alpha value is -1.04. The third kappa shape index (κ3) is 3.49. The summed E-state index contributed by atoms with van der Waals surface area (Å²) in [6.45, 7) is 2.01. The number of hydrogen-bond acceptors (Lipinski definition) is 3. The summed E-state index contributed by atoms with van der Waals surface area (Å²) in [7, 11) is 1.71. The fraction of sp³-hybridized carbons (Fsp3) is 0.571. The smallest absolute Gasteiger partial charge is 0.126 e. The maximum absolute atomic E-state index is 13.3. The molecule has 1 atom stereocenters. The van der Waals surface area contributed by atoms with E-state index in [-0.39, 0.29) is 12.1 Å². The summed E-state index contributed by atoms with van der Waals surface area (Å²) in [6, 6.07) is 3.48. The van der Waals surface area contributed by atoms with Crippen LogP contribution in [0.25, 0.3) is 0 Å². The lowest BCUT2D eigenvalue weighted by Gasteiger charge is -2.36. The molecule has 1 fully saturated rings. The number of halogens is 2. The van der Waals surface area contributed by atoms with Gasteiger partial charge in [-0.05, 0) is 30.5 Å². The van der Waals surface area contributed by atoms with Crippen LogP contribution in [-0.2, 0) is 4.74 Å². The molecule has 2 rings (SSSR count). The van der Waals surface area contributed by atoms with Gasteiger partial charge in [-0.25, -0.2) is 8.78 Å². The second kappa shape index (κ2) is 6.41. The molecule has 0 spiro atoms. The molecule has 106 valence electrons. The van der Waals surface area contributed by atoms with E-state index in [1.54, 1.807) is 7.11 Å². The van der Waals surface area contributed by atoms with Gasteiger partial charge in [0.25, 0.3) is 0 Å². The quantitative estimate of drug-likeness (QED) is 0.910. The number of nitrogens with zero attached hydrogens (tertiary/aromatic N) is 1. The summed E-state index contributed by atoms with van der Waals surface area (Å²) in [4.78, 5) is 2.17. The summed E-state index contributed by atoms with van der Waals surface area (Å²) in [6.07, 6.45) is 2.12. The fourth-order valence-electron chi connectivity index (χ4n) is 2.69. The molecule has 1 unspecified atom stereocenters. The van der Waals surface area contributed by atoms with Crippen LogP contribution in [-0.4, -0.2) is 37.7 Å². The molecule has 3 nitrogen and oxygen atoms in total. The van der Waals surface area contributed by atoms with Crippen LogP contribution in [0.3, 0.4) is 0 Å². The summed E-state index contributed by atoms with van der Waals surface area (Å²) in [5, 5.41) is 0. The van der Waals surface area contributed by atoms with Crippen LogP contribution in [0.4, 0.5) is 8.78 Å². The molecule has 0 radical (unpaired) electrons. The van der Waals surface area contributed by atoms with Crippen molar-refractivity contribution in [3.8, 4) is 0 Å². The van der Waals surface area contributed by atoms with Crippen LogP contribution in [0.15, 0.2) is 18.2 Å². The van der Waals surface area contributed by atoms with Gasteiger partial charge in [-0.3, -0.25) is 4.90 Å². The van der Waals surface area contributed by atoms with Crippen molar-refractivity contribution in [1.29, 1.82) is 0 Å². The molecule has 1 aromatic rings. The number of methoxy groups -OCH3 is 1. The van der Waals surface area contributed by atoms with Gasteiger partial charge in [0.2, 0.25) is 0 Å². The largest absolute Gasteiger partial charge is 0.381 e. The highest BCUT2D eigenvalue weighted by Crippen LogP contribution is 2.25. The van der Waals surface area contributed by atoms with E-state index < -0.39 is 11.6 Å². The van der Waals surface area contributed by atoms with Crippen molar-refractivity contribution in [2.45, 2.75) is 25.0 Å². The zero-order chi connectivity index (χ0) is 13.8. The summed E-state index contributed by atoms with van der Waals surface area (Å²) >= 11 is 0. The minimum atomic E-state index is -0.555. The molecule has 0 aromatic heterocycles. The Morgan fingerprint density at radius 2 is 1.84 bits per heavy atom.